The summed E-state index contributed by atoms with van der Waals surface area (Å²) in [4.78, 5) is 2.45. The van der Waals surface area contributed by atoms with Gasteiger partial charge in [0.15, 0.2) is 0 Å². The van der Waals surface area contributed by atoms with E-state index in [0.717, 1.165) is 18.7 Å². The predicted molar refractivity (Wildman–Crippen MR) is 80.2 cm³/mol. The molecule has 0 radical (unpaired) electrons. The molecule has 1 N–H and O–H groups in total. The molecule has 2 rings (SSSR count). The summed E-state index contributed by atoms with van der Waals surface area (Å²) in [6.45, 7) is 6.04. The van der Waals surface area contributed by atoms with Gasteiger partial charge in [0.1, 0.15) is 5.75 Å². The molecule has 1 heterocycles. The molecule has 0 saturated carbocycles. The Morgan fingerprint density at radius 1 is 1.33 bits per heavy atom. The van der Waals surface area contributed by atoms with Crippen molar-refractivity contribution in [2.75, 3.05) is 46.5 Å². The minimum Gasteiger partial charge on any atom is -0.496 e. The standard InChI is InChI=1S/C14H22N2O4S/c1-12-11-13(3-4-14(12)19-2)21(17,18)15-5-6-16-7-9-20-10-8-16/h3-4,11,15H,5-10H2,1-2H3. The third-order valence-electron chi connectivity index (χ3n) is 3.50. The third kappa shape index (κ3) is 4.41. The molecule has 6 nitrogen and oxygen atoms in total. The molecule has 0 unspecified atom stereocenters. The monoisotopic (exact) mass is 314 g/mol. The fourth-order valence-corrected chi connectivity index (χ4v) is 3.37. The first-order chi connectivity index (χ1) is 10.0. The van der Waals surface area contributed by atoms with Gasteiger partial charge in [-0.2, -0.15) is 0 Å². The van der Waals surface area contributed by atoms with Crippen molar-refractivity contribution in [2.24, 2.45) is 0 Å². The molecule has 1 saturated heterocycles. The summed E-state index contributed by atoms with van der Waals surface area (Å²) in [5.41, 5.74) is 0.800. The Labute approximate surface area is 126 Å². The van der Waals surface area contributed by atoms with Crippen molar-refractivity contribution in [3.05, 3.63) is 23.8 Å². The zero-order valence-corrected chi connectivity index (χ0v) is 13.3. The van der Waals surface area contributed by atoms with Crippen LogP contribution < -0.4 is 9.46 Å². The minimum atomic E-state index is -3.47. The summed E-state index contributed by atoms with van der Waals surface area (Å²) in [5, 5.41) is 0. The Hall–Kier alpha value is -1.15. The first kappa shape index (κ1) is 16.2. The van der Waals surface area contributed by atoms with E-state index in [0.29, 0.717) is 32.1 Å². The van der Waals surface area contributed by atoms with Crippen LogP contribution in [0.3, 0.4) is 0 Å². The number of morpholine rings is 1. The van der Waals surface area contributed by atoms with Gasteiger partial charge in [0.2, 0.25) is 10.0 Å². The summed E-state index contributed by atoms with van der Waals surface area (Å²) >= 11 is 0. The molecule has 1 aliphatic heterocycles. The second-order valence-electron chi connectivity index (χ2n) is 4.98. The van der Waals surface area contributed by atoms with Gasteiger partial charge in [-0.1, -0.05) is 0 Å². The number of aryl methyl sites for hydroxylation is 1. The molecule has 0 aliphatic carbocycles. The van der Waals surface area contributed by atoms with E-state index < -0.39 is 10.0 Å². The Morgan fingerprint density at radius 3 is 2.67 bits per heavy atom. The van der Waals surface area contributed by atoms with Crippen molar-refractivity contribution < 1.29 is 17.9 Å². The fourth-order valence-electron chi connectivity index (χ4n) is 2.26. The van der Waals surface area contributed by atoms with E-state index >= 15 is 0 Å². The number of nitrogens with zero attached hydrogens (tertiary/aromatic N) is 1. The van der Waals surface area contributed by atoms with E-state index in [4.69, 9.17) is 9.47 Å². The fraction of sp³-hybridized carbons (Fsp3) is 0.571. The van der Waals surface area contributed by atoms with Gasteiger partial charge in [-0.3, -0.25) is 4.90 Å². The van der Waals surface area contributed by atoms with E-state index in [2.05, 4.69) is 9.62 Å². The third-order valence-corrected chi connectivity index (χ3v) is 4.96. The Bertz CT molecular complexity index is 568. The van der Waals surface area contributed by atoms with Gasteiger partial charge in [-0.15, -0.1) is 0 Å². The van der Waals surface area contributed by atoms with Crippen molar-refractivity contribution in [1.29, 1.82) is 0 Å². The highest BCUT2D eigenvalue weighted by Gasteiger charge is 2.16. The van der Waals surface area contributed by atoms with Crippen LogP contribution in [0.5, 0.6) is 5.75 Å². The topological polar surface area (TPSA) is 67.9 Å². The van der Waals surface area contributed by atoms with E-state index in [1.165, 1.54) is 0 Å². The lowest BCUT2D eigenvalue weighted by Crippen LogP contribution is -2.41. The lowest BCUT2D eigenvalue weighted by Gasteiger charge is -2.26. The predicted octanol–water partition coefficient (Wildman–Crippen LogP) is 0.614. The summed E-state index contributed by atoms with van der Waals surface area (Å²) in [6.07, 6.45) is 0. The average molecular weight is 314 g/mol. The van der Waals surface area contributed by atoms with Crippen LogP contribution in [0.15, 0.2) is 23.1 Å². The van der Waals surface area contributed by atoms with Gasteiger partial charge in [0.25, 0.3) is 0 Å². The zero-order chi connectivity index (χ0) is 15.3. The summed E-state index contributed by atoms with van der Waals surface area (Å²) in [7, 11) is -1.91. The Kier molecular flexibility index (Phi) is 5.58. The molecule has 7 heteroatoms. The maximum atomic E-state index is 12.2. The molecular formula is C14H22N2O4S. The van der Waals surface area contributed by atoms with Gasteiger partial charge in [0, 0.05) is 26.2 Å². The molecule has 0 aromatic heterocycles. The highest BCUT2D eigenvalue weighted by Crippen LogP contribution is 2.21. The number of benzene rings is 1. The maximum absolute atomic E-state index is 12.2. The lowest BCUT2D eigenvalue weighted by atomic mass is 10.2. The van der Waals surface area contributed by atoms with Crippen LogP contribution in [0.2, 0.25) is 0 Å². The number of rotatable bonds is 6. The van der Waals surface area contributed by atoms with Gasteiger partial charge >= 0.3 is 0 Å². The van der Waals surface area contributed by atoms with Crippen LogP contribution in [0.25, 0.3) is 0 Å². The number of methoxy groups -OCH3 is 1. The summed E-state index contributed by atoms with van der Waals surface area (Å²) < 4.78 is 37.5. The average Bonchev–Trinajstić information content (AvgIpc) is 2.48. The zero-order valence-electron chi connectivity index (χ0n) is 12.5. The Balaban J connectivity index is 1.93. The molecule has 0 amide bonds. The molecule has 1 fully saturated rings. The van der Waals surface area contributed by atoms with Crippen molar-refractivity contribution in [1.82, 2.24) is 9.62 Å². The lowest BCUT2D eigenvalue weighted by molar-refractivity contribution is 0.0390. The summed E-state index contributed by atoms with van der Waals surface area (Å²) in [5.74, 6) is 0.683. The molecular weight excluding hydrogens is 292 g/mol. The molecule has 118 valence electrons. The number of hydrogen-bond acceptors (Lipinski definition) is 5. The number of sulfonamides is 1. The molecule has 0 atom stereocenters. The van der Waals surface area contributed by atoms with E-state index in [1.54, 1.807) is 25.3 Å². The van der Waals surface area contributed by atoms with Crippen LogP contribution >= 0.6 is 0 Å². The number of ether oxygens (including phenoxy) is 2. The van der Waals surface area contributed by atoms with E-state index in [9.17, 15) is 8.42 Å². The maximum Gasteiger partial charge on any atom is 0.240 e. The number of hydrogen-bond donors (Lipinski definition) is 1. The molecule has 1 aromatic rings. The highest BCUT2D eigenvalue weighted by atomic mass is 32.2. The molecule has 0 bridgehead atoms. The van der Waals surface area contributed by atoms with E-state index in [-0.39, 0.29) is 4.90 Å². The van der Waals surface area contributed by atoms with E-state index in [1.807, 2.05) is 6.92 Å². The normalized spacial score (nSPS) is 16.9. The van der Waals surface area contributed by atoms with Crippen LogP contribution in [-0.2, 0) is 14.8 Å². The highest BCUT2D eigenvalue weighted by molar-refractivity contribution is 7.89. The van der Waals surface area contributed by atoms with Gasteiger partial charge in [-0.25, -0.2) is 13.1 Å². The van der Waals surface area contributed by atoms with Crippen molar-refractivity contribution in [3.63, 3.8) is 0 Å². The molecule has 1 aromatic carbocycles. The molecule has 21 heavy (non-hydrogen) atoms. The first-order valence-electron chi connectivity index (χ1n) is 6.97. The van der Waals surface area contributed by atoms with Crippen LogP contribution in [0, 0.1) is 6.92 Å². The second-order valence-corrected chi connectivity index (χ2v) is 6.75. The van der Waals surface area contributed by atoms with Crippen LogP contribution in [-0.4, -0.2) is 59.8 Å². The van der Waals surface area contributed by atoms with Crippen molar-refractivity contribution in [2.45, 2.75) is 11.8 Å². The van der Waals surface area contributed by atoms with Gasteiger partial charge in [-0.05, 0) is 30.7 Å². The largest absolute Gasteiger partial charge is 0.496 e. The SMILES string of the molecule is COc1ccc(S(=O)(=O)NCCN2CCOCC2)cc1C. The first-order valence-corrected chi connectivity index (χ1v) is 8.45. The summed E-state index contributed by atoms with van der Waals surface area (Å²) in [6, 6.07) is 4.85. The molecule has 0 spiro atoms. The van der Waals surface area contributed by atoms with Gasteiger partial charge in [0.05, 0.1) is 25.2 Å². The minimum absolute atomic E-state index is 0.266. The molecule has 1 aliphatic rings. The quantitative estimate of drug-likeness (QED) is 0.833. The smallest absolute Gasteiger partial charge is 0.240 e. The van der Waals surface area contributed by atoms with Gasteiger partial charge < -0.3 is 9.47 Å². The van der Waals surface area contributed by atoms with Crippen LogP contribution in [0.4, 0.5) is 0 Å². The van der Waals surface area contributed by atoms with Crippen molar-refractivity contribution >= 4 is 10.0 Å². The second kappa shape index (κ2) is 7.22. The number of nitrogens with one attached hydrogen (secondary N) is 1. The van der Waals surface area contributed by atoms with Crippen LogP contribution in [0.1, 0.15) is 5.56 Å². The van der Waals surface area contributed by atoms with Crippen molar-refractivity contribution in [3.8, 4) is 5.75 Å². The Morgan fingerprint density at radius 2 is 2.05 bits per heavy atom.